The first-order chi connectivity index (χ1) is 13.9. The molecule has 3 fully saturated rings. The van der Waals surface area contributed by atoms with E-state index in [1.54, 1.807) is 0 Å². The van der Waals surface area contributed by atoms with E-state index in [9.17, 15) is 15.3 Å². The van der Waals surface area contributed by atoms with E-state index in [1.807, 2.05) is 30.3 Å². The summed E-state index contributed by atoms with van der Waals surface area (Å²) in [4.78, 5) is 0. The molecule has 162 valence electrons. The minimum absolute atomic E-state index is 0.167. The van der Waals surface area contributed by atoms with Crippen molar-refractivity contribution >= 4 is 0 Å². The molecular weight excluding hydrogens is 382 g/mol. The largest absolute Gasteiger partial charge is 0.389 e. The number of rotatable bonds is 3. The Labute approximate surface area is 168 Å². The summed E-state index contributed by atoms with van der Waals surface area (Å²) in [5.41, 5.74) is 18.8. The molecular formula is C19H29N3O7. The van der Waals surface area contributed by atoms with Gasteiger partial charge in [0, 0.05) is 17.6 Å². The molecule has 2 heterocycles. The summed E-state index contributed by atoms with van der Waals surface area (Å²) in [6, 6.07) is 7.16. The highest BCUT2D eigenvalue weighted by atomic mass is 16.7. The zero-order valence-corrected chi connectivity index (χ0v) is 15.9. The maximum absolute atomic E-state index is 10.7. The van der Waals surface area contributed by atoms with Crippen LogP contribution in [0.4, 0.5) is 0 Å². The normalized spacial score (nSPS) is 48.1. The molecule has 3 aliphatic rings. The van der Waals surface area contributed by atoms with Crippen LogP contribution in [-0.4, -0.2) is 83.0 Å². The van der Waals surface area contributed by atoms with Gasteiger partial charge in [0.15, 0.2) is 12.6 Å². The number of hydrogen-bond donors (Lipinski definition) is 6. The quantitative estimate of drug-likeness (QED) is 0.316. The Bertz CT molecular complexity index is 681. The lowest BCUT2D eigenvalue weighted by molar-refractivity contribution is -0.352. The molecule has 0 aromatic heterocycles. The number of benzene rings is 1. The van der Waals surface area contributed by atoms with Gasteiger partial charge in [0.1, 0.15) is 30.5 Å². The monoisotopic (exact) mass is 411 g/mol. The van der Waals surface area contributed by atoms with E-state index in [0.717, 1.165) is 5.56 Å². The Morgan fingerprint density at radius 3 is 2.34 bits per heavy atom. The van der Waals surface area contributed by atoms with Crippen LogP contribution >= 0.6 is 0 Å². The predicted molar refractivity (Wildman–Crippen MR) is 100 cm³/mol. The smallest absolute Gasteiger partial charge is 0.184 e. The van der Waals surface area contributed by atoms with Crippen molar-refractivity contribution in [1.82, 2.24) is 0 Å². The van der Waals surface area contributed by atoms with Crippen molar-refractivity contribution in [1.29, 1.82) is 0 Å². The van der Waals surface area contributed by atoms with Crippen molar-refractivity contribution in [2.24, 2.45) is 17.2 Å². The maximum Gasteiger partial charge on any atom is 0.184 e. The highest BCUT2D eigenvalue weighted by molar-refractivity contribution is 5.16. The van der Waals surface area contributed by atoms with Crippen LogP contribution in [0.25, 0.3) is 0 Å². The second-order valence-corrected chi connectivity index (χ2v) is 7.93. The number of fused-ring (bicyclic) bond motifs is 1. The molecule has 29 heavy (non-hydrogen) atoms. The fourth-order valence-corrected chi connectivity index (χ4v) is 4.14. The topological polar surface area (TPSA) is 176 Å². The van der Waals surface area contributed by atoms with Gasteiger partial charge in [0.05, 0.1) is 18.8 Å². The number of hydrogen-bond acceptors (Lipinski definition) is 10. The molecule has 0 spiro atoms. The molecule has 1 aromatic carbocycles. The summed E-state index contributed by atoms with van der Waals surface area (Å²) >= 11 is 0. The Balaban J connectivity index is 1.43. The molecule has 0 amide bonds. The van der Waals surface area contributed by atoms with Crippen LogP contribution in [0, 0.1) is 0 Å². The fraction of sp³-hybridized carbons (Fsp3) is 0.684. The molecule has 1 aliphatic carbocycles. The highest BCUT2D eigenvalue weighted by Crippen LogP contribution is 2.35. The van der Waals surface area contributed by atoms with Crippen LogP contribution in [0.15, 0.2) is 30.3 Å². The summed E-state index contributed by atoms with van der Waals surface area (Å²) in [7, 11) is 0. The first kappa shape index (κ1) is 21.1. The summed E-state index contributed by atoms with van der Waals surface area (Å²) in [6.07, 6.45) is -7.22. The molecule has 0 bridgehead atoms. The van der Waals surface area contributed by atoms with Gasteiger partial charge >= 0.3 is 0 Å². The van der Waals surface area contributed by atoms with Gasteiger partial charge in [-0.1, -0.05) is 30.3 Å². The minimum Gasteiger partial charge on any atom is -0.389 e. The fourth-order valence-electron chi connectivity index (χ4n) is 4.14. The number of aliphatic hydroxyl groups excluding tert-OH is 3. The predicted octanol–water partition coefficient (Wildman–Crippen LogP) is -2.32. The van der Waals surface area contributed by atoms with E-state index in [1.165, 1.54) is 0 Å². The minimum atomic E-state index is -1.29. The van der Waals surface area contributed by atoms with Crippen molar-refractivity contribution in [2.75, 3.05) is 6.61 Å². The zero-order chi connectivity index (χ0) is 20.7. The van der Waals surface area contributed by atoms with Gasteiger partial charge in [0.25, 0.3) is 0 Å². The van der Waals surface area contributed by atoms with Gasteiger partial charge < -0.3 is 51.5 Å². The third-order valence-corrected chi connectivity index (χ3v) is 5.87. The van der Waals surface area contributed by atoms with Gasteiger partial charge in [-0.25, -0.2) is 0 Å². The van der Waals surface area contributed by atoms with E-state index >= 15 is 0 Å². The second kappa shape index (κ2) is 8.52. The lowest BCUT2D eigenvalue weighted by Gasteiger charge is -2.49. The van der Waals surface area contributed by atoms with Crippen molar-refractivity contribution in [3.8, 4) is 0 Å². The Kier molecular flexibility index (Phi) is 6.19. The summed E-state index contributed by atoms with van der Waals surface area (Å²) in [5.74, 6) is 0. The highest BCUT2D eigenvalue weighted by Gasteiger charge is 2.51. The molecule has 0 unspecified atom stereocenters. The third-order valence-electron chi connectivity index (χ3n) is 5.87. The van der Waals surface area contributed by atoms with E-state index < -0.39 is 67.3 Å². The van der Waals surface area contributed by atoms with Gasteiger partial charge in [0.2, 0.25) is 0 Å². The molecule has 11 atom stereocenters. The molecule has 0 radical (unpaired) electrons. The summed E-state index contributed by atoms with van der Waals surface area (Å²) < 4.78 is 23.3. The first-order valence-corrected chi connectivity index (χ1v) is 9.80. The molecule has 10 nitrogen and oxygen atoms in total. The number of ether oxygens (including phenoxy) is 4. The lowest BCUT2D eigenvalue weighted by Crippen LogP contribution is -2.68. The van der Waals surface area contributed by atoms with Gasteiger partial charge in [-0.15, -0.1) is 0 Å². The SMILES string of the molecule is N[C@H]1[C@H](O[C@H]2[C@H](O)[C@@H](O)[C@H](N)C[C@@H]2N)O[C@@H]2CO[C@@H](c3ccccc3)O[C@H]2[C@@H]1O. The number of aliphatic hydroxyl groups is 3. The summed E-state index contributed by atoms with van der Waals surface area (Å²) in [6.45, 7) is 0.167. The van der Waals surface area contributed by atoms with Gasteiger partial charge in [-0.05, 0) is 6.42 Å². The van der Waals surface area contributed by atoms with E-state index in [0.29, 0.717) is 0 Å². The van der Waals surface area contributed by atoms with Crippen LogP contribution < -0.4 is 17.2 Å². The van der Waals surface area contributed by atoms with Gasteiger partial charge in [-0.2, -0.15) is 0 Å². The second-order valence-electron chi connectivity index (χ2n) is 7.93. The van der Waals surface area contributed by atoms with Gasteiger partial charge in [-0.3, -0.25) is 0 Å². The Hall–Kier alpha value is -1.18. The van der Waals surface area contributed by atoms with Crippen LogP contribution in [0.5, 0.6) is 0 Å². The Morgan fingerprint density at radius 2 is 1.62 bits per heavy atom. The van der Waals surface area contributed by atoms with Crippen LogP contribution in [0.2, 0.25) is 0 Å². The zero-order valence-electron chi connectivity index (χ0n) is 15.9. The Morgan fingerprint density at radius 1 is 0.897 bits per heavy atom. The molecule has 9 N–H and O–H groups in total. The third kappa shape index (κ3) is 4.06. The average Bonchev–Trinajstić information content (AvgIpc) is 2.73. The molecule has 4 rings (SSSR count). The maximum atomic E-state index is 10.7. The van der Waals surface area contributed by atoms with Crippen LogP contribution in [0.1, 0.15) is 18.3 Å². The van der Waals surface area contributed by atoms with Crippen molar-refractivity contribution < 1.29 is 34.3 Å². The number of nitrogens with two attached hydrogens (primary N) is 3. The van der Waals surface area contributed by atoms with E-state index in [-0.39, 0.29) is 13.0 Å². The first-order valence-electron chi connectivity index (χ1n) is 9.80. The van der Waals surface area contributed by atoms with Crippen molar-refractivity contribution in [2.45, 2.75) is 73.8 Å². The van der Waals surface area contributed by atoms with E-state index in [2.05, 4.69) is 0 Å². The molecule has 2 saturated heterocycles. The summed E-state index contributed by atoms with van der Waals surface area (Å²) in [5, 5.41) is 31.1. The molecule has 1 aromatic rings. The van der Waals surface area contributed by atoms with E-state index in [4.69, 9.17) is 36.1 Å². The molecule has 2 aliphatic heterocycles. The van der Waals surface area contributed by atoms with Crippen LogP contribution in [-0.2, 0) is 18.9 Å². The lowest BCUT2D eigenvalue weighted by atomic mass is 9.84. The average molecular weight is 411 g/mol. The standard InChI is InChI=1S/C19H29N3O7/c20-9-6-10(21)16(15(25)13(9)23)28-19-12(22)14(24)17-11(27-19)7-26-18(29-17)8-4-2-1-3-5-8/h1-5,9-19,23-25H,6-7,20-22H2/t9-,10+,11-,12-,13+,14-,15-,16-,17-,18-,19+/m1/s1. The van der Waals surface area contributed by atoms with Crippen molar-refractivity contribution in [3.63, 3.8) is 0 Å². The van der Waals surface area contributed by atoms with Crippen LogP contribution in [0.3, 0.4) is 0 Å². The van der Waals surface area contributed by atoms with Crippen molar-refractivity contribution in [3.05, 3.63) is 35.9 Å². The molecule has 10 heteroatoms. The molecule has 1 saturated carbocycles.